The molecule has 6 aliphatic carbocycles. The summed E-state index contributed by atoms with van der Waals surface area (Å²) in [7, 11) is 0. The zero-order valence-corrected chi connectivity index (χ0v) is 28.8. The molecule has 0 aromatic rings. The van der Waals surface area contributed by atoms with Crippen molar-refractivity contribution in [2.45, 2.75) is 152 Å². The first-order valence-electron chi connectivity index (χ1n) is 19.2. The van der Waals surface area contributed by atoms with Gasteiger partial charge in [-0.25, -0.2) is 0 Å². The highest BCUT2D eigenvalue weighted by molar-refractivity contribution is 5.87. The molecule has 12 atom stereocenters. The van der Waals surface area contributed by atoms with Crippen LogP contribution in [0.15, 0.2) is 0 Å². The zero-order valence-electron chi connectivity index (χ0n) is 28.8. The van der Waals surface area contributed by atoms with Gasteiger partial charge in [-0.2, -0.15) is 0 Å². The maximum atomic E-state index is 13.6. The van der Waals surface area contributed by atoms with Crippen molar-refractivity contribution in [2.24, 2.45) is 47.0 Å². The Morgan fingerprint density at radius 1 is 0.347 bits per heavy atom. The van der Waals surface area contributed by atoms with Crippen LogP contribution in [0, 0.1) is 35.5 Å². The van der Waals surface area contributed by atoms with Gasteiger partial charge in [-0.1, -0.05) is 38.5 Å². The molecule has 13 nitrogen and oxygen atoms in total. The highest BCUT2D eigenvalue weighted by Crippen LogP contribution is 2.34. The van der Waals surface area contributed by atoms with E-state index < -0.39 is 0 Å². The summed E-state index contributed by atoms with van der Waals surface area (Å²) in [6.45, 7) is 0. The average Bonchev–Trinajstić information content (AvgIpc) is 3.89. The molecule has 272 valence electrons. The topological polar surface area (TPSA) is 215 Å². The Balaban J connectivity index is 0.991. The predicted octanol–water partition coefficient (Wildman–Crippen LogP) is 1.02. The van der Waals surface area contributed by atoms with Gasteiger partial charge in [0.1, 0.15) is 0 Å². The van der Waals surface area contributed by atoms with E-state index in [4.69, 9.17) is 11.5 Å². The molecule has 0 unspecified atom stereocenters. The maximum absolute atomic E-state index is 13.6. The van der Waals surface area contributed by atoms with Gasteiger partial charge in [0.25, 0.3) is 0 Å². The number of primary amides is 1. The highest BCUT2D eigenvalue weighted by atomic mass is 16.2. The van der Waals surface area contributed by atoms with Gasteiger partial charge in [-0.15, -0.1) is 0 Å². The molecule has 6 aliphatic rings. The van der Waals surface area contributed by atoms with Gasteiger partial charge in [0.15, 0.2) is 0 Å². The summed E-state index contributed by atoms with van der Waals surface area (Å²) in [5, 5.41) is 15.7. The molecule has 0 radical (unpaired) electrons. The van der Waals surface area contributed by atoms with E-state index in [0.717, 1.165) is 64.2 Å². The van der Waals surface area contributed by atoms with E-state index in [0.29, 0.717) is 51.4 Å². The van der Waals surface area contributed by atoms with Crippen molar-refractivity contribution < 1.29 is 28.8 Å². The van der Waals surface area contributed by atoms with Crippen LogP contribution < -0.4 is 38.1 Å². The van der Waals surface area contributed by atoms with Gasteiger partial charge in [-0.05, 0) is 77.0 Å². The van der Waals surface area contributed by atoms with Crippen LogP contribution in [0.1, 0.15) is 116 Å². The lowest BCUT2D eigenvalue weighted by molar-refractivity contribution is -0.130. The van der Waals surface area contributed by atoms with Crippen LogP contribution in [0.25, 0.3) is 0 Å². The predicted molar refractivity (Wildman–Crippen MR) is 181 cm³/mol. The molecule has 13 heteroatoms. The second kappa shape index (κ2) is 15.8. The van der Waals surface area contributed by atoms with Crippen LogP contribution in [-0.4, -0.2) is 71.7 Å². The lowest BCUT2D eigenvalue weighted by Crippen LogP contribution is -2.53. The molecule has 0 bridgehead atoms. The number of hydrogen-bond donors (Lipinski definition) is 7. The van der Waals surface area contributed by atoms with Gasteiger partial charge in [0.2, 0.25) is 35.4 Å². The van der Waals surface area contributed by atoms with Gasteiger partial charge >= 0.3 is 0 Å². The van der Waals surface area contributed by atoms with Crippen molar-refractivity contribution in [3.8, 4) is 0 Å². The SMILES string of the molecule is NC(=O)[C@@H]1CCC[C@@H]1NC(=O)[C@H]1CCC[C@H]1NC(=O)[C@@H]1CCC[C@@H]1NC(=O)[C@H]1CCC[C@H]1NC(=O)[C@@H]1CCC[C@@H]1NC(=O)[C@H]1CCC[C@H]1N. The molecule has 6 fully saturated rings. The number of amides is 6. The molecule has 0 spiro atoms. The minimum absolute atomic E-state index is 0.0443. The number of carbonyl (C=O) groups is 6. The number of nitrogens with one attached hydrogen (secondary N) is 5. The summed E-state index contributed by atoms with van der Waals surface area (Å²) in [6.07, 6.45) is 13.8. The number of hydrogen-bond acceptors (Lipinski definition) is 7. The van der Waals surface area contributed by atoms with Crippen molar-refractivity contribution in [1.29, 1.82) is 0 Å². The Morgan fingerprint density at radius 2 is 0.592 bits per heavy atom. The Hall–Kier alpha value is -3.22. The number of carbonyl (C=O) groups excluding carboxylic acids is 6. The van der Waals surface area contributed by atoms with Crippen LogP contribution >= 0.6 is 0 Å². The molecule has 0 heterocycles. The third-order valence-corrected chi connectivity index (χ3v) is 12.8. The second-order valence-corrected chi connectivity index (χ2v) is 15.9. The monoisotopic (exact) mass is 683 g/mol. The van der Waals surface area contributed by atoms with Gasteiger partial charge < -0.3 is 38.1 Å². The average molecular weight is 684 g/mol. The van der Waals surface area contributed by atoms with Gasteiger partial charge in [-0.3, -0.25) is 28.8 Å². The summed E-state index contributed by atoms with van der Waals surface area (Å²) >= 11 is 0. The molecule has 0 aromatic heterocycles. The van der Waals surface area contributed by atoms with Crippen molar-refractivity contribution >= 4 is 35.4 Å². The fraction of sp³-hybridized carbons (Fsp3) is 0.833. The molecule has 6 amide bonds. The standard InChI is InChI=1S/C36H57N7O6/c37-25-13-1-7-19(25)32(45)40-27-15-3-9-21(27)34(47)42-29-17-5-11-23(29)36(49)43-30-18-6-12-24(30)35(48)41-28-16-4-10-22(28)33(46)39-26-14-2-8-20(26)31(38)44/h19-30H,1-18,37H2,(H2,38,44)(H,39,46)(H,40,45)(H,41,48)(H,42,47)(H,43,49)/t19-,20+,21+,22-,23-,24+,25+,26-,27-,28+,29+,30-/m0/s1. The molecule has 0 aliphatic heterocycles. The first-order chi connectivity index (χ1) is 23.6. The largest absolute Gasteiger partial charge is 0.369 e. The molecule has 49 heavy (non-hydrogen) atoms. The van der Waals surface area contributed by atoms with E-state index in [1.54, 1.807) is 0 Å². The number of nitrogens with two attached hydrogens (primary N) is 2. The van der Waals surface area contributed by atoms with Gasteiger partial charge in [0.05, 0.1) is 35.5 Å². The number of rotatable bonds is 11. The van der Waals surface area contributed by atoms with Crippen molar-refractivity contribution in [2.75, 3.05) is 0 Å². The molecule has 6 saturated carbocycles. The Morgan fingerprint density at radius 3 is 0.878 bits per heavy atom. The fourth-order valence-electron chi connectivity index (χ4n) is 10.0. The van der Waals surface area contributed by atoms with Crippen LogP contribution in [0.2, 0.25) is 0 Å². The lowest BCUT2D eigenvalue weighted by Gasteiger charge is -2.29. The third kappa shape index (κ3) is 8.07. The summed E-state index contributed by atoms with van der Waals surface area (Å²) in [4.78, 5) is 78.7. The van der Waals surface area contributed by atoms with Gasteiger partial charge in [0, 0.05) is 36.3 Å². The Bertz CT molecular complexity index is 1280. The molecular weight excluding hydrogens is 626 g/mol. The summed E-state index contributed by atoms with van der Waals surface area (Å²) < 4.78 is 0. The van der Waals surface area contributed by atoms with Crippen molar-refractivity contribution in [1.82, 2.24) is 26.6 Å². The maximum Gasteiger partial charge on any atom is 0.225 e. The third-order valence-electron chi connectivity index (χ3n) is 12.8. The Labute approximate surface area is 289 Å². The van der Waals surface area contributed by atoms with Crippen molar-refractivity contribution in [3.63, 3.8) is 0 Å². The molecule has 0 saturated heterocycles. The normalized spacial score (nSPS) is 38.6. The van der Waals surface area contributed by atoms with E-state index in [1.807, 2.05) is 0 Å². The molecule has 9 N–H and O–H groups in total. The summed E-state index contributed by atoms with van der Waals surface area (Å²) in [5.41, 5.74) is 11.7. The molecule has 6 rings (SSSR count). The van der Waals surface area contributed by atoms with E-state index in [2.05, 4.69) is 26.6 Å². The summed E-state index contributed by atoms with van der Waals surface area (Å²) in [6, 6.07) is -1.46. The molecular formula is C36H57N7O6. The van der Waals surface area contributed by atoms with Crippen LogP contribution in [0.5, 0.6) is 0 Å². The van der Waals surface area contributed by atoms with E-state index >= 15 is 0 Å². The Kier molecular flexibility index (Phi) is 11.5. The van der Waals surface area contributed by atoms with Crippen LogP contribution in [-0.2, 0) is 28.8 Å². The van der Waals surface area contributed by atoms with Crippen LogP contribution in [0.3, 0.4) is 0 Å². The second-order valence-electron chi connectivity index (χ2n) is 15.9. The van der Waals surface area contributed by atoms with E-state index in [9.17, 15) is 28.8 Å². The highest BCUT2D eigenvalue weighted by Gasteiger charge is 2.44. The quantitative estimate of drug-likeness (QED) is 0.168. The fourth-order valence-corrected chi connectivity index (χ4v) is 10.0. The lowest BCUT2D eigenvalue weighted by atomic mass is 9.95. The minimum atomic E-state index is -0.382. The minimum Gasteiger partial charge on any atom is -0.369 e. The first kappa shape index (κ1) is 35.6. The smallest absolute Gasteiger partial charge is 0.225 e. The zero-order chi connectivity index (χ0) is 34.7. The van der Waals surface area contributed by atoms with Crippen molar-refractivity contribution in [3.05, 3.63) is 0 Å². The molecule has 0 aromatic carbocycles. The van der Waals surface area contributed by atoms with E-state index in [1.165, 1.54) is 0 Å². The van der Waals surface area contributed by atoms with Crippen LogP contribution in [0.4, 0.5) is 0 Å². The first-order valence-corrected chi connectivity index (χ1v) is 19.2. The summed E-state index contributed by atoms with van der Waals surface area (Å²) in [5.74, 6) is -2.88. The van der Waals surface area contributed by atoms with E-state index in [-0.39, 0.29) is 107 Å².